The van der Waals surface area contributed by atoms with Gasteiger partial charge in [-0.3, -0.25) is 4.79 Å². The van der Waals surface area contributed by atoms with Crippen molar-refractivity contribution < 1.29 is 9.90 Å². The lowest BCUT2D eigenvalue weighted by atomic mass is 10.1. The number of nitrogens with zero attached hydrogens (tertiary/aromatic N) is 1. The second kappa shape index (κ2) is 5.36. The smallest absolute Gasteiger partial charge is 0.231 e. The van der Waals surface area contributed by atoms with Crippen LogP contribution in [0.4, 0.5) is 5.69 Å². The van der Waals surface area contributed by atoms with Gasteiger partial charge in [0.05, 0.1) is 6.42 Å². The van der Waals surface area contributed by atoms with Crippen LogP contribution in [0.2, 0.25) is 0 Å². The van der Waals surface area contributed by atoms with Gasteiger partial charge >= 0.3 is 0 Å². The zero-order chi connectivity index (χ0) is 13.0. The molecule has 0 bridgehead atoms. The lowest BCUT2D eigenvalue weighted by Gasteiger charge is -2.17. The molecule has 0 unspecified atom stereocenters. The minimum absolute atomic E-state index is 0.00759. The van der Waals surface area contributed by atoms with Crippen LogP contribution in [0.1, 0.15) is 5.56 Å². The normalized spacial score (nSPS) is 10.1. The molecule has 2 rings (SSSR count). The van der Waals surface area contributed by atoms with Gasteiger partial charge in [0.1, 0.15) is 5.75 Å². The van der Waals surface area contributed by atoms with Crippen LogP contribution >= 0.6 is 0 Å². The molecule has 0 spiro atoms. The minimum Gasteiger partial charge on any atom is -0.508 e. The Bertz CT molecular complexity index is 537. The van der Waals surface area contributed by atoms with E-state index >= 15 is 0 Å². The van der Waals surface area contributed by atoms with Crippen LogP contribution in [0.25, 0.3) is 0 Å². The Morgan fingerprint density at radius 2 is 1.83 bits per heavy atom. The van der Waals surface area contributed by atoms with Crippen molar-refractivity contribution in [3.63, 3.8) is 0 Å². The summed E-state index contributed by atoms with van der Waals surface area (Å²) in [4.78, 5) is 13.7. The van der Waals surface area contributed by atoms with Crippen molar-refractivity contribution in [2.24, 2.45) is 0 Å². The Morgan fingerprint density at radius 1 is 1.11 bits per heavy atom. The quantitative estimate of drug-likeness (QED) is 0.897. The number of anilines is 1. The predicted octanol–water partition coefficient (Wildman–Crippen LogP) is 2.60. The van der Waals surface area contributed by atoms with Crippen molar-refractivity contribution in [2.75, 3.05) is 11.9 Å². The Kier molecular flexibility index (Phi) is 3.63. The van der Waals surface area contributed by atoms with E-state index in [0.29, 0.717) is 0 Å². The summed E-state index contributed by atoms with van der Waals surface area (Å²) in [5, 5.41) is 9.36. The number of amides is 1. The monoisotopic (exact) mass is 241 g/mol. The van der Waals surface area contributed by atoms with Gasteiger partial charge in [-0.1, -0.05) is 30.3 Å². The standard InChI is InChI=1S/C15H15NO2/c1-16(13-7-3-2-4-8-13)15(18)11-12-6-5-9-14(17)10-12/h2-10,17H,11H2,1H3. The van der Waals surface area contributed by atoms with E-state index in [0.717, 1.165) is 11.3 Å². The summed E-state index contributed by atoms with van der Waals surface area (Å²) in [6.45, 7) is 0. The van der Waals surface area contributed by atoms with E-state index in [9.17, 15) is 9.90 Å². The van der Waals surface area contributed by atoms with Gasteiger partial charge in [0.15, 0.2) is 0 Å². The summed E-state index contributed by atoms with van der Waals surface area (Å²) in [5.41, 5.74) is 1.67. The third-order valence-electron chi connectivity index (χ3n) is 2.78. The van der Waals surface area contributed by atoms with E-state index in [1.165, 1.54) is 0 Å². The number of carbonyl (C=O) groups excluding carboxylic acids is 1. The summed E-state index contributed by atoms with van der Waals surface area (Å²) >= 11 is 0. The number of likely N-dealkylation sites (N-methyl/N-ethyl adjacent to an activating group) is 1. The van der Waals surface area contributed by atoms with Gasteiger partial charge in [0, 0.05) is 12.7 Å². The average molecular weight is 241 g/mol. The Morgan fingerprint density at radius 3 is 2.50 bits per heavy atom. The zero-order valence-corrected chi connectivity index (χ0v) is 10.2. The molecule has 0 aromatic heterocycles. The highest BCUT2D eigenvalue weighted by Gasteiger charge is 2.11. The summed E-state index contributed by atoms with van der Waals surface area (Å²) in [6.07, 6.45) is 0.278. The largest absolute Gasteiger partial charge is 0.508 e. The van der Waals surface area contributed by atoms with E-state index < -0.39 is 0 Å². The molecule has 0 atom stereocenters. The first-order valence-electron chi connectivity index (χ1n) is 5.76. The third kappa shape index (κ3) is 2.88. The molecule has 3 nitrogen and oxygen atoms in total. The van der Waals surface area contributed by atoms with Gasteiger partial charge in [-0.15, -0.1) is 0 Å². The fourth-order valence-corrected chi connectivity index (χ4v) is 1.76. The molecular formula is C15H15NO2. The second-order valence-corrected chi connectivity index (χ2v) is 4.13. The molecule has 18 heavy (non-hydrogen) atoms. The molecule has 0 aliphatic rings. The first-order chi connectivity index (χ1) is 8.66. The van der Waals surface area contributed by atoms with Crippen molar-refractivity contribution in [1.82, 2.24) is 0 Å². The van der Waals surface area contributed by atoms with E-state index in [1.54, 1.807) is 30.1 Å². The van der Waals surface area contributed by atoms with Gasteiger partial charge < -0.3 is 10.0 Å². The van der Waals surface area contributed by atoms with Crippen molar-refractivity contribution in [3.8, 4) is 5.75 Å². The maximum Gasteiger partial charge on any atom is 0.231 e. The third-order valence-corrected chi connectivity index (χ3v) is 2.78. The molecule has 0 aliphatic heterocycles. The molecular weight excluding hydrogens is 226 g/mol. The first kappa shape index (κ1) is 12.2. The van der Waals surface area contributed by atoms with Crippen LogP contribution in [0.5, 0.6) is 5.75 Å². The molecule has 1 amide bonds. The van der Waals surface area contributed by atoms with Gasteiger partial charge in [-0.2, -0.15) is 0 Å². The van der Waals surface area contributed by atoms with Crippen LogP contribution in [0, 0.1) is 0 Å². The SMILES string of the molecule is CN(C(=O)Cc1cccc(O)c1)c1ccccc1. The van der Waals surface area contributed by atoms with Gasteiger partial charge in [0.2, 0.25) is 5.91 Å². The maximum atomic E-state index is 12.1. The maximum absolute atomic E-state index is 12.1. The number of aromatic hydroxyl groups is 1. The van der Waals surface area contributed by atoms with Crippen LogP contribution in [-0.4, -0.2) is 18.1 Å². The number of hydrogen-bond acceptors (Lipinski definition) is 2. The van der Waals surface area contributed by atoms with Crippen molar-refractivity contribution in [1.29, 1.82) is 0 Å². The van der Waals surface area contributed by atoms with Crippen molar-refractivity contribution >= 4 is 11.6 Å². The molecule has 2 aromatic rings. The lowest BCUT2D eigenvalue weighted by Crippen LogP contribution is -2.27. The molecule has 0 heterocycles. The van der Waals surface area contributed by atoms with Crippen LogP contribution in [0.15, 0.2) is 54.6 Å². The number of benzene rings is 2. The van der Waals surface area contributed by atoms with Crippen molar-refractivity contribution in [3.05, 3.63) is 60.2 Å². The lowest BCUT2D eigenvalue weighted by molar-refractivity contribution is -0.117. The van der Waals surface area contributed by atoms with E-state index in [2.05, 4.69) is 0 Å². The molecule has 0 fully saturated rings. The fourth-order valence-electron chi connectivity index (χ4n) is 1.76. The van der Waals surface area contributed by atoms with Gasteiger partial charge in [-0.25, -0.2) is 0 Å². The number of para-hydroxylation sites is 1. The molecule has 0 saturated carbocycles. The fraction of sp³-hybridized carbons (Fsp3) is 0.133. The number of phenols is 1. The van der Waals surface area contributed by atoms with E-state index in [4.69, 9.17) is 0 Å². The summed E-state index contributed by atoms with van der Waals surface area (Å²) in [7, 11) is 1.75. The Hall–Kier alpha value is -2.29. The van der Waals surface area contributed by atoms with Gasteiger partial charge in [0.25, 0.3) is 0 Å². The van der Waals surface area contributed by atoms with Crippen LogP contribution < -0.4 is 4.90 Å². The zero-order valence-electron chi connectivity index (χ0n) is 10.2. The Labute approximate surface area is 106 Å². The summed E-state index contributed by atoms with van der Waals surface area (Å²) in [6, 6.07) is 16.3. The highest BCUT2D eigenvalue weighted by atomic mass is 16.3. The van der Waals surface area contributed by atoms with Crippen molar-refractivity contribution in [2.45, 2.75) is 6.42 Å². The van der Waals surface area contributed by atoms with E-state index in [-0.39, 0.29) is 18.1 Å². The number of rotatable bonds is 3. The molecule has 2 aromatic carbocycles. The molecule has 1 N–H and O–H groups in total. The Balaban J connectivity index is 2.09. The number of hydrogen-bond donors (Lipinski definition) is 1. The highest BCUT2D eigenvalue weighted by molar-refractivity contribution is 5.94. The highest BCUT2D eigenvalue weighted by Crippen LogP contribution is 2.15. The summed E-state index contributed by atoms with van der Waals surface area (Å²) < 4.78 is 0. The molecule has 0 aliphatic carbocycles. The molecule has 92 valence electrons. The predicted molar refractivity (Wildman–Crippen MR) is 71.7 cm³/mol. The number of phenolic OH excluding ortho intramolecular Hbond substituents is 1. The molecule has 0 radical (unpaired) electrons. The summed E-state index contributed by atoms with van der Waals surface area (Å²) in [5.74, 6) is 0.175. The van der Waals surface area contributed by atoms with Crippen LogP contribution in [-0.2, 0) is 11.2 Å². The topological polar surface area (TPSA) is 40.5 Å². The number of carbonyl (C=O) groups is 1. The van der Waals surface area contributed by atoms with E-state index in [1.807, 2.05) is 36.4 Å². The first-order valence-corrected chi connectivity index (χ1v) is 5.76. The molecule has 3 heteroatoms. The second-order valence-electron chi connectivity index (χ2n) is 4.13. The average Bonchev–Trinajstić information content (AvgIpc) is 2.39. The van der Waals surface area contributed by atoms with Gasteiger partial charge in [-0.05, 0) is 29.8 Å². The van der Waals surface area contributed by atoms with Crippen LogP contribution in [0.3, 0.4) is 0 Å². The molecule has 0 saturated heterocycles. The minimum atomic E-state index is -0.00759.